The molecule has 1 saturated heterocycles. The Morgan fingerprint density at radius 1 is 1.07 bits per heavy atom. The highest BCUT2D eigenvalue weighted by atomic mass is 16.5. The van der Waals surface area contributed by atoms with Gasteiger partial charge in [-0.2, -0.15) is 0 Å². The second-order valence-electron chi connectivity index (χ2n) is 12.1. The number of carbonyl (C=O) groups excluding carboxylic acids is 2. The fourth-order valence-electron chi connectivity index (χ4n) is 5.80. The third-order valence-corrected chi connectivity index (χ3v) is 8.64. The maximum Gasteiger partial charge on any atom is 0.229 e. The second kappa shape index (κ2) is 13.6. The summed E-state index contributed by atoms with van der Waals surface area (Å²) in [5, 5.41) is 3.50. The Morgan fingerprint density at radius 3 is 2.50 bits per heavy atom. The van der Waals surface area contributed by atoms with E-state index in [4.69, 9.17) is 4.74 Å². The summed E-state index contributed by atoms with van der Waals surface area (Å²) < 4.78 is 6.30. The lowest BCUT2D eigenvalue weighted by Crippen LogP contribution is -2.48. The van der Waals surface area contributed by atoms with Crippen molar-refractivity contribution in [3.8, 4) is 5.75 Å². The molecule has 0 spiro atoms. The van der Waals surface area contributed by atoms with Gasteiger partial charge in [0.2, 0.25) is 11.8 Å². The van der Waals surface area contributed by atoms with Crippen molar-refractivity contribution >= 4 is 17.5 Å². The molecule has 0 unspecified atom stereocenters. The van der Waals surface area contributed by atoms with E-state index in [2.05, 4.69) is 42.3 Å². The highest BCUT2D eigenvalue weighted by Crippen LogP contribution is 2.31. The van der Waals surface area contributed by atoms with Crippen molar-refractivity contribution in [3.05, 3.63) is 59.2 Å². The molecular weight excluding hydrogens is 500 g/mol. The molecule has 1 heterocycles. The summed E-state index contributed by atoms with van der Waals surface area (Å²) in [5.74, 6) is 1.11. The van der Waals surface area contributed by atoms with Gasteiger partial charge < -0.3 is 19.9 Å². The van der Waals surface area contributed by atoms with Crippen molar-refractivity contribution in [2.45, 2.75) is 84.5 Å². The van der Waals surface area contributed by atoms with Crippen molar-refractivity contribution in [2.75, 3.05) is 38.6 Å². The molecule has 7 nitrogen and oxygen atoms in total. The Labute approximate surface area is 240 Å². The molecule has 2 aliphatic rings. The molecule has 1 atom stereocenters. The summed E-state index contributed by atoms with van der Waals surface area (Å²) in [4.78, 5) is 32.0. The summed E-state index contributed by atoms with van der Waals surface area (Å²) in [5.41, 5.74) is 4.49. The van der Waals surface area contributed by atoms with Crippen LogP contribution in [0.3, 0.4) is 0 Å². The lowest BCUT2D eigenvalue weighted by Gasteiger charge is -2.32. The smallest absolute Gasteiger partial charge is 0.229 e. The van der Waals surface area contributed by atoms with Gasteiger partial charge >= 0.3 is 0 Å². The number of piperazine rings is 1. The first kappa shape index (κ1) is 30.1. The topological polar surface area (TPSA) is 65.1 Å². The van der Waals surface area contributed by atoms with Crippen LogP contribution < -0.4 is 15.0 Å². The molecular formula is C33H48N4O3. The van der Waals surface area contributed by atoms with E-state index in [0.717, 1.165) is 68.9 Å². The summed E-state index contributed by atoms with van der Waals surface area (Å²) in [7, 11) is 3.75. The highest BCUT2D eigenvalue weighted by molar-refractivity contribution is 5.94. The van der Waals surface area contributed by atoms with Crippen LogP contribution in [0.15, 0.2) is 42.5 Å². The van der Waals surface area contributed by atoms with Gasteiger partial charge in [0.25, 0.3) is 0 Å². The van der Waals surface area contributed by atoms with Gasteiger partial charge in [0.1, 0.15) is 5.75 Å². The average molecular weight is 549 g/mol. The number of nitrogens with one attached hydrogen (secondary N) is 1. The third-order valence-electron chi connectivity index (χ3n) is 8.64. The molecule has 40 heavy (non-hydrogen) atoms. The molecule has 2 aromatic carbocycles. The molecule has 4 rings (SSSR count). The molecule has 218 valence electrons. The van der Waals surface area contributed by atoms with Crippen LogP contribution in [0.2, 0.25) is 0 Å². The van der Waals surface area contributed by atoms with E-state index in [1.54, 1.807) is 4.90 Å². The van der Waals surface area contributed by atoms with Crippen molar-refractivity contribution in [3.63, 3.8) is 0 Å². The number of carbonyl (C=O) groups is 2. The van der Waals surface area contributed by atoms with Crippen LogP contribution in [0.25, 0.3) is 0 Å². The van der Waals surface area contributed by atoms with Gasteiger partial charge in [-0.1, -0.05) is 18.2 Å². The van der Waals surface area contributed by atoms with Crippen LogP contribution in [-0.4, -0.2) is 73.5 Å². The van der Waals surface area contributed by atoms with Crippen molar-refractivity contribution in [1.29, 1.82) is 0 Å². The van der Waals surface area contributed by atoms with E-state index in [1.165, 1.54) is 11.1 Å². The van der Waals surface area contributed by atoms with Crippen molar-refractivity contribution < 1.29 is 14.3 Å². The van der Waals surface area contributed by atoms with E-state index in [1.807, 2.05) is 57.1 Å². The Morgan fingerprint density at radius 2 is 1.82 bits per heavy atom. The number of ether oxygens (including phenoxy) is 1. The number of rotatable bonds is 9. The number of likely N-dealkylation sites (N-methyl/N-ethyl adjacent to an activating group) is 1. The summed E-state index contributed by atoms with van der Waals surface area (Å²) in [6, 6.07) is 15.0. The van der Waals surface area contributed by atoms with Gasteiger partial charge in [0.15, 0.2) is 0 Å². The van der Waals surface area contributed by atoms with Gasteiger partial charge in [-0.15, -0.1) is 0 Å². The van der Waals surface area contributed by atoms with E-state index >= 15 is 0 Å². The van der Waals surface area contributed by atoms with Gasteiger partial charge in [0.05, 0.1) is 12.5 Å². The average Bonchev–Trinajstić information content (AvgIpc) is 2.93. The zero-order chi connectivity index (χ0) is 28.8. The Hall–Kier alpha value is -2.90. The minimum absolute atomic E-state index is 0.0164. The number of amides is 2. The van der Waals surface area contributed by atoms with E-state index in [-0.39, 0.29) is 29.9 Å². The molecule has 7 heteroatoms. The van der Waals surface area contributed by atoms with Crippen LogP contribution in [-0.2, 0) is 22.6 Å². The summed E-state index contributed by atoms with van der Waals surface area (Å²) in [6.45, 7) is 12.5. The van der Waals surface area contributed by atoms with Crippen LogP contribution in [0.5, 0.6) is 5.75 Å². The minimum atomic E-state index is 0.0164. The number of hydrogen-bond acceptors (Lipinski definition) is 5. The van der Waals surface area contributed by atoms with Crippen LogP contribution >= 0.6 is 0 Å². The summed E-state index contributed by atoms with van der Waals surface area (Å²) in [6.07, 6.45) is 3.81. The van der Waals surface area contributed by atoms with E-state index in [0.29, 0.717) is 12.5 Å². The first-order valence-corrected chi connectivity index (χ1v) is 14.9. The zero-order valence-corrected chi connectivity index (χ0v) is 25.3. The Kier molecular flexibility index (Phi) is 10.3. The van der Waals surface area contributed by atoms with Crippen LogP contribution in [0.4, 0.5) is 5.69 Å². The lowest BCUT2D eigenvalue weighted by molar-refractivity contribution is -0.130. The number of aryl methyl sites for hydroxylation is 1. The van der Waals surface area contributed by atoms with Crippen LogP contribution in [0, 0.1) is 12.8 Å². The normalized spacial score (nSPS) is 21.7. The molecule has 1 aliphatic heterocycles. The predicted octanol–water partition coefficient (Wildman–Crippen LogP) is 4.80. The van der Waals surface area contributed by atoms with Gasteiger partial charge in [-0.05, 0) is 94.3 Å². The molecule has 1 N–H and O–H groups in total. The van der Waals surface area contributed by atoms with E-state index in [9.17, 15) is 9.59 Å². The maximum absolute atomic E-state index is 13.4. The Bertz CT molecular complexity index is 1160. The van der Waals surface area contributed by atoms with Crippen molar-refractivity contribution in [1.82, 2.24) is 15.1 Å². The minimum Gasteiger partial charge on any atom is -0.490 e. The fraction of sp³-hybridized carbons (Fsp3) is 0.576. The van der Waals surface area contributed by atoms with Gasteiger partial charge in [-0.3, -0.25) is 14.5 Å². The monoisotopic (exact) mass is 548 g/mol. The maximum atomic E-state index is 13.4. The molecule has 0 bridgehead atoms. The molecule has 2 amide bonds. The predicted molar refractivity (Wildman–Crippen MR) is 162 cm³/mol. The van der Waals surface area contributed by atoms with E-state index < -0.39 is 0 Å². The first-order valence-electron chi connectivity index (χ1n) is 14.9. The fourth-order valence-corrected chi connectivity index (χ4v) is 5.80. The van der Waals surface area contributed by atoms with Crippen LogP contribution in [0.1, 0.15) is 63.1 Å². The molecule has 0 aromatic heterocycles. The second-order valence-corrected chi connectivity index (χ2v) is 12.1. The standard InChI is InChI=1S/C33H48N4O3/c1-23(2)35(5)32(38)20-26-8-7-9-31(19-26)40-30-14-11-27(12-15-30)33(39)36(6)29-13-10-28(24(3)18-29)22-37-17-16-34-25(4)21-37/h7-10,13,18-19,23,25,27,30,34H,11-12,14-17,20-22H2,1-6H3/t25-,27-,30-/m0/s1. The number of nitrogens with zero attached hydrogens (tertiary/aromatic N) is 3. The highest BCUT2D eigenvalue weighted by Gasteiger charge is 2.30. The SMILES string of the molecule is Cc1cc(N(C)C(=O)[C@H]2CC[C@H](Oc3cccc(CC(=O)N(C)C(C)C)c3)CC2)ccc1CN1CCN[C@@H](C)C1. The number of benzene rings is 2. The molecule has 2 fully saturated rings. The molecule has 2 aromatic rings. The largest absolute Gasteiger partial charge is 0.490 e. The molecule has 1 aliphatic carbocycles. The van der Waals surface area contributed by atoms with Gasteiger partial charge in [-0.25, -0.2) is 0 Å². The lowest BCUT2D eigenvalue weighted by atomic mass is 9.86. The summed E-state index contributed by atoms with van der Waals surface area (Å²) >= 11 is 0. The van der Waals surface area contributed by atoms with Gasteiger partial charge in [0, 0.05) is 64.0 Å². The quantitative estimate of drug-likeness (QED) is 0.488. The first-order chi connectivity index (χ1) is 19.1. The zero-order valence-electron chi connectivity index (χ0n) is 25.3. The number of hydrogen-bond donors (Lipinski definition) is 1. The molecule has 1 saturated carbocycles. The number of anilines is 1. The molecule has 0 radical (unpaired) electrons. The van der Waals surface area contributed by atoms with Crippen molar-refractivity contribution in [2.24, 2.45) is 5.92 Å². The third kappa shape index (κ3) is 7.85. The Balaban J connectivity index is 1.27.